The maximum atomic E-state index is 10.4. The third-order valence-corrected chi connectivity index (χ3v) is 3.90. The normalized spacial score (nSPS) is 16.3. The van der Waals surface area contributed by atoms with E-state index in [0.717, 1.165) is 25.0 Å². The molecule has 1 aliphatic carbocycles. The highest BCUT2D eigenvalue weighted by atomic mass is 16.1. The van der Waals surface area contributed by atoms with Crippen LogP contribution < -0.4 is 0 Å². The van der Waals surface area contributed by atoms with Crippen LogP contribution in [0.15, 0.2) is 24.3 Å². The van der Waals surface area contributed by atoms with Crippen LogP contribution in [-0.4, -0.2) is 6.29 Å². The number of carbonyl (C=O) groups excluding carboxylic acids is 1. The van der Waals surface area contributed by atoms with E-state index in [0.29, 0.717) is 5.92 Å². The van der Waals surface area contributed by atoms with Gasteiger partial charge in [-0.15, -0.1) is 0 Å². The lowest BCUT2D eigenvalue weighted by Crippen LogP contribution is -2.10. The summed E-state index contributed by atoms with van der Waals surface area (Å²) in [5, 5.41) is 0. The van der Waals surface area contributed by atoms with E-state index in [1.807, 2.05) is 0 Å². The van der Waals surface area contributed by atoms with Crippen molar-refractivity contribution in [1.82, 2.24) is 0 Å². The van der Waals surface area contributed by atoms with E-state index in [-0.39, 0.29) is 0 Å². The van der Waals surface area contributed by atoms with Gasteiger partial charge in [0.15, 0.2) is 0 Å². The second kappa shape index (κ2) is 10.1. The molecule has 0 N–H and O–H groups in total. The largest absolute Gasteiger partial charge is 0.303 e. The second-order valence-electron chi connectivity index (χ2n) is 5.41. The molecule has 1 rings (SSSR count). The zero-order valence-electron chi connectivity index (χ0n) is 11.8. The number of hydrogen-bond donors (Lipinski definition) is 0. The minimum atomic E-state index is 0.628. The number of carbonyl (C=O) groups is 1. The maximum Gasteiger partial charge on any atom is 0.119 e. The molecule has 1 heteroatoms. The summed E-state index contributed by atoms with van der Waals surface area (Å²) >= 11 is 0. The molecule has 0 aromatic carbocycles. The zero-order chi connectivity index (χ0) is 13.1. The Morgan fingerprint density at radius 1 is 1.00 bits per heavy atom. The van der Waals surface area contributed by atoms with Crippen molar-refractivity contribution >= 4 is 6.29 Å². The van der Waals surface area contributed by atoms with Crippen LogP contribution in [0.4, 0.5) is 0 Å². The summed E-state index contributed by atoms with van der Waals surface area (Å²) in [7, 11) is 0. The Hall–Kier alpha value is -0.850. The van der Waals surface area contributed by atoms with Crippen LogP contribution in [0.5, 0.6) is 0 Å². The first-order valence-corrected chi connectivity index (χ1v) is 7.67. The van der Waals surface area contributed by atoms with Crippen molar-refractivity contribution in [2.24, 2.45) is 11.8 Å². The zero-order valence-corrected chi connectivity index (χ0v) is 11.8. The van der Waals surface area contributed by atoms with E-state index in [1.54, 1.807) is 0 Å². The van der Waals surface area contributed by atoms with Crippen LogP contribution in [0.1, 0.15) is 64.7 Å². The third-order valence-electron chi connectivity index (χ3n) is 3.90. The average Bonchev–Trinajstić information content (AvgIpc) is 2.90. The summed E-state index contributed by atoms with van der Waals surface area (Å²) in [6.45, 7) is 2.26. The minimum absolute atomic E-state index is 0.628. The van der Waals surface area contributed by atoms with Gasteiger partial charge in [-0.3, -0.25) is 0 Å². The van der Waals surface area contributed by atoms with Crippen molar-refractivity contribution in [3.8, 4) is 0 Å². The van der Waals surface area contributed by atoms with Gasteiger partial charge in [0.2, 0.25) is 0 Å². The van der Waals surface area contributed by atoms with Gasteiger partial charge >= 0.3 is 0 Å². The molecule has 0 fully saturated rings. The predicted molar refractivity (Wildman–Crippen MR) is 78.6 cm³/mol. The van der Waals surface area contributed by atoms with Crippen molar-refractivity contribution in [2.45, 2.75) is 64.7 Å². The fraction of sp³-hybridized carbons (Fsp3) is 0.706. The molecule has 0 saturated carbocycles. The lowest BCUT2D eigenvalue weighted by atomic mass is 9.84. The Bertz CT molecular complexity index is 253. The molecular weight excluding hydrogens is 220 g/mol. The van der Waals surface area contributed by atoms with Crippen LogP contribution in [0.3, 0.4) is 0 Å². The Balaban J connectivity index is 2.23. The Morgan fingerprint density at radius 3 is 2.33 bits per heavy atom. The van der Waals surface area contributed by atoms with Gasteiger partial charge in [0.05, 0.1) is 0 Å². The van der Waals surface area contributed by atoms with Gasteiger partial charge in [0.25, 0.3) is 0 Å². The molecule has 102 valence electrons. The molecule has 1 unspecified atom stereocenters. The highest BCUT2D eigenvalue weighted by molar-refractivity contribution is 5.48. The molecule has 1 nitrogen and oxygen atoms in total. The Kier molecular flexibility index (Phi) is 8.54. The first-order valence-electron chi connectivity index (χ1n) is 7.67. The van der Waals surface area contributed by atoms with E-state index < -0.39 is 0 Å². The predicted octanol–water partition coefficient (Wildman–Crippen LogP) is 5.07. The summed E-state index contributed by atoms with van der Waals surface area (Å²) in [5.74, 6) is 1.38. The van der Waals surface area contributed by atoms with Gasteiger partial charge in [-0.2, -0.15) is 0 Å². The molecule has 0 heterocycles. The summed E-state index contributed by atoms with van der Waals surface area (Å²) in [5.41, 5.74) is 0. The fourth-order valence-corrected chi connectivity index (χ4v) is 2.77. The summed E-state index contributed by atoms with van der Waals surface area (Å²) < 4.78 is 0. The molecule has 0 aromatic heterocycles. The van der Waals surface area contributed by atoms with Gasteiger partial charge in [0, 0.05) is 6.42 Å². The number of unbranched alkanes of at least 4 members (excludes halogenated alkanes) is 5. The first-order chi connectivity index (χ1) is 8.88. The van der Waals surface area contributed by atoms with E-state index in [9.17, 15) is 4.79 Å². The van der Waals surface area contributed by atoms with Gasteiger partial charge in [-0.1, -0.05) is 63.3 Å². The topological polar surface area (TPSA) is 17.1 Å². The highest BCUT2D eigenvalue weighted by Gasteiger charge is 2.17. The van der Waals surface area contributed by atoms with Crippen molar-refractivity contribution in [1.29, 1.82) is 0 Å². The molecule has 1 atom stereocenters. The molecule has 0 aromatic rings. The molecule has 1 aliphatic rings. The molecule has 18 heavy (non-hydrogen) atoms. The minimum Gasteiger partial charge on any atom is -0.303 e. The SMILES string of the molecule is CCCCCCCC(CCCC=O)C1C=CC=C1. The van der Waals surface area contributed by atoms with E-state index >= 15 is 0 Å². The van der Waals surface area contributed by atoms with Gasteiger partial charge in [0.1, 0.15) is 6.29 Å². The van der Waals surface area contributed by atoms with Crippen LogP contribution in [0.25, 0.3) is 0 Å². The lowest BCUT2D eigenvalue weighted by molar-refractivity contribution is -0.108. The van der Waals surface area contributed by atoms with Gasteiger partial charge in [-0.25, -0.2) is 0 Å². The maximum absolute atomic E-state index is 10.4. The van der Waals surface area contributed by atoms with Crippen LogP contribution in [0, 0.1) is 11.8 Å². The van der Waals surface area contributed by atoms with Crippen LogP contribution >= 0.6 is 0 Å². The van der Waals surface area contributed by atoms with Gasteiger partial charge in [-0.05, 0) is 31.1 Å². The number of rotatable bonds is 11. The van der Waals surface area contributed by atoms with Crippen LogP contribution in [0.2, 0.25) is 0 Å². The molecule has 0 spiro atoms. The van der Waals surface area contributed by atoms with E-state index in [1.165, 1.54) is 44.9 Å². The van der Waals surface area contributed by atoms with Crippen molar-refractivity contribution in [3.05, 3.63) is 24.3 Å². The molecule has 0 aliphatic heterocycles. The van der Waals surface area contributed by atoms with Gasteiger partial charge < -0.3 is 4.79 Å². The summed E-state index contributed by atoms with van der Waals surface area (Å²) in [4.78, 5) is 10.4. The van der Waals surface area contributed by atoms with E-state index in [2.05, 4.69) is 31.2 Å². The molecule has 0 radical (unpaired) electrons. The molecule has 0 saturated heterocycles. The lowest BCUT2D eigenvalue weighted by Gasteiger charge is -2.20. The third kappa shape index (κ3) is 6.18. The second-order valence-corrected chi connectivity index (χ2v) is 5.41. The van der Waals surface area contributed by atoms with Crippen LogP contribution in [-0.2, 0) is 4.79 Å². The monoisotopic (exact) mass is 248 g/mol. The number of allylic oxidation sites excluding steroid dienone is 4. The highest BCUT2D eigenvalue weighted by Crippen LogP contribution is 2.29. The summed E-state index contributed by atoms with van der Waals surface area (Å²) in [6, 6.07) is 0. The number of aldehydes is 1. The molecule has 0 amide bonds. The van der Waals surface area contributed by atoms with Crippen molar-refractivity contribution < 1.29 is 4.79 Å². The molecular formula is C17H28O. The smallest absolute Gasteiger partial charge is 0.119 e. The standard InChI is InChI=1S/C17H28O/c1-2-3-4-5-6-11-16(14-9-10-15-18)17-12-7-8-13-17/h7-8,12-13,15-17H,2-6,9-11,14H2,1H3. The average molecular weight is 248 g/mol. The quantitative estimate of drug-likeness (QED) is 0.368. The number of hydrogen-bond acceptors (Lipinski definition) is 1. The first kappa shape index (κ1) is 15.2. The van der Waals surface area contributed by atoms with Crippen molar-refractivity contribution in [2.75, 3.05) is 0 Å². The van der Waals surface area contributed by atoms with E-state index in [4.69, 9.17) is 0 Å². The Labute approximate surface area is 112 Å². The Morgan fingerprint density at radius 2 is 1.67 bits per heavy atom. The summed E-state index contributed by atoms with van der Waals surface area (Å²) in [6.07, 6.45) is 21.1. The fourth-order valence-electron chi connectivity index (χ4n) is 2.77. The van der Waals surface area contributed by atoms with Crippen molar-refractivity contribution in [3.63, 3.8) is 0 Å². The molecule has 0 bridgehead atoms.